The highest BCUT2D eigenvalue weighted by molar-refractivity contribution is 5.92. The van der Waals surface area contributed by atoms with Gasteiger partial charge >= 0.3 is 17.9 Å². The number of rotatable bonds is 12. The van der Waals surface area contributed by atoms with Gasteiger partial charge in [-0.2, -0.15) is 0 Å². The lowest BCUT2D eigenvalue weighted by atomic mass is 10.2. The van der Waals surface area contributed by atoms with Crippen molar-refractivity contribution in [2.24, 2.45) is 0 Å². The van der Waals surface area contributed by atoms with Gasteiger partial charge in [-0.15, -0.1) is 0 Å². The van der Waals surface area contributed by atoms with Gasteiger partial charge in [0.1, 0.15) is 23.0 Å². The van der Waals surface area contributed by atoms with Gasteiger partial charge in [0.15, 0.2) is 12.4 Å². The Morgan fingerprint density at radius 1 is 0.595 bits per heavy atom. The number of ether oxygens (including phenoxy) is 5. The molecule has 0 N–H and O–H groups in total. The molecule has 0 aromatic heterocycles. The molecule has 3 rings (SSSR count). The highest BCUT2D eigenvalue weighted by Crippen LogP contribution is 2.21. The van der Waals surface area contributed by atoms with Gasteiger partial charge in [-0.3, -0.25) is 4.79 Å². The maximum Gasteiger partial charge on any atom is 0.343 e. The summed E-state index contributed by atoms with van der Waals surface area (Å²) in [6.07, 6.45) is 2.19. The Labute approximate surface area is 212 Å². The predicted octanol–water partition coefficient (Wildman–Crippen LogP) is 4.32. The number of ketones is 1. The second-order valence-corrected chi connectivity index (χ2v) is 7.19. The smallest absolute Gasteiger partial charge is 0.343 e. The van der Waals surface area contributed by atoms with E-state index in [0.29, 0.717) is 11.5 Å². The van der Waals surface area contributed by atoms with Crippen LogP contribution in [0.15, 0.2) is 98.1 Å². The summed E-state index contributed by atoms with van der Waals surface area (Å²) >= 11 is 0. The molecule has 0 aliphatic heterocycles. The third-order valence-corrected chi connectivity index (χ3v) is 4.63. The highest BCUT2D eigenvalue weighted by atomic mass is 16.7. The minimum absolute atomic E-state index is 0.140. The van der Waals surface area contributed by atoms with Crippen molar-refractivity contribution in [2.75, 3.05) is 13.4 Å². The molecule has 0 radical (unpaired) electrons. The third kappa shape index (κ3) is 8.22. The fourth-order valence-corrected chi connectivity index (χ4v) is 2.71. The summed E-state index contributed by atoms with van der Waals surface area (Å²) in [5.41, 5.74) is 0.552. The van der Waals surface area contributed by atoms with Crippen LogP contribution in [0.25, 0.3) is 0 Å². The van der Waals surface area contributed by atoms with Crippen LogP contribution in [0.5, 0.6) is 23.0 Å². The molecule has 9 heteroatoms. The fourth-order valence-electron chi connectivity index (χ4n) is 2.71. The van der Waals surface area contributed by atoms with Crippen molar-refractivity contribution in [1.29, 1.82) is 0 Å². The lowest BCUT2D eigenvalue weighted by Gasteiger charge is -2.09. The molecule has 0 unspecified atom stereocenters. The number of carbonyl (C=O) groups is 4. The summed E-state index contributed by atoms with van der Waals surface area (Å²) in [6.45, 7) is 6.22. The van der Waals surface area contributed by atoms with E-state index < -0.39 is 17.9 Å². The van der Waals surface area contributed by atoms with Crippen molar-refractivity contribution in [3.8, 4) is 23.0 Å². The first-order valence-electron chi connectivity index (χ1n) is 10.8. The highest BCUT2D eigenvalue weighted by Gasteiger charge is 2.12. The van der Waals surface area contributed by atoms with E-state index in [2.05, 4.69) is 13.2 Å². The van der Waals surface area contributed by atoms with Crippen LogP contribution < -0.4 is 18.9 Å². The van der Waals surface area contributed by atoms with Gasteiger partial charge in [0, 0.05) is 6.08 Å². The van der Waals surface area contributed by atoms with E-state index in [1.807, 2.05) is 0 Å². The lowest BCUT2D eigenvalue weighted by molar-refractivity contribution is -0.144. The lowest BCUT2D eigenvalue weighted by Crippen LogP contribution is -2.10. The first-order valence-corrected chi connectivity index (χ1v) is 10.8. The second-order valence-electron chi connectivity index (χ2n) is 7.19. The van der Waals surface area contributed by atoms with Gasteiger partial charge in [0.25, 0.3) is 0 Å². The minimum Gasteiger partial charge on any atom is -0.485 e. The second kappa shape index (κ2) is 13.1. The molecule has 0 saturated heterocycles. The molecule has 0 amide bonds. The van der Waals surface area contributed by atoms with Gasteiger partial charge < -0.3 is 23.7 Å². The zero-order valence-corrected chi connectivity index (χ0v) is 19.6. The number of hydrogen-bond acceptors (Lipinski definition) is 9. The Bertz CT molecular complexity index is 1270. The largest absolute Gasteiger partial charge is 0.485 e. The van der Waals surface area contributed by atoms with E-state index in [4.69, 9.17) is 23.7 Å². The van der Waals surface area contributed by atoms with E-state index in [9.17, 15) is 19.2 Å². The van der Waals surface area contributed by atoms with Crippen molar-refractivity contribution in [2.45, 2.75) is 0 Å². The number of hydrogen-bond donors (Lipinski definition) is 0. The molecule has 0 atom stereocenters. The van der Waals surface area contributed by atoms with Crippen LogP contribution in [0.1, 0.15) is 20.7 Å². The average molecular weight is 502 g/mol. The number of carbonyl (C=O) groups excluding carboxylic acids is 4. The molecule has 0 aliphatic carbocycles. The first kappa shape index (κ1) is 26.4. The van der Waals surface area contributed by atoms with E-state index >= 15 is 0 Å². The number of benzene rings is 3. The zero-order chi connectivity index (χ0) is 26.6. The van der Waals surface area contributed by atoms with Crippen molar-refractivity contribution in [3.05, 3.63) is 109 Å². The number of esters is 3. The quantitative estimate of drug-likeness (QED) is 0.155. The molecule has 0 spiro atoms. The zero-order valence-electron chi connectivity index (χ0n) is 19.6. The molecule has 0 saturated carbocycles. The summed E-state index contributed by atoms with van der Waals surface area (Å²) in [4.78, 5) is 47.0. The van der Waals surface area contributed by atoms with Gasteiger partial charge in [-0.1, -0.05) is 13.2 Å². The standard InChI is InChI=1S/C28H22O9/c1-3-21(29)17-33-22-9-5-19(6-10-22)27(31)36-24-13-15-25(16-14-24)37-28(32)20-7-11-23(12-8-20)34-18-35-26(30)4-2/h3-16H,1-2,17-18H2. The van der Waals surface area contributed by atoms with Crippen molar-refractivity contribution >= 4 is 23.7 Å². The van der Waals surface area contributed by atoms with Crippen LogP contribution in [-0.2, 0) is 14.3 Å². The van der Waals surface area contributed by atoms with Crippen molar-refractivity contribution in [3.63, 3.8) is 0 Å². The summed E-state index contributed by atoms with van der Waals surface area (Å²) in [5.74, 6) is -0.756. The Morgan fingerprint density at radius 2 is 1.03 bits per heavy atom. The maximum absolute atomic E-state index is 12.4. The average Bonchev–Trinajstić information content (AvgIpc) is 2.93. The van der Waals surface area contributed by atoms with Crippen LogP contribution in [0.4, 0.5) is 0 Å². The summed E-state index contributed by atoms with van der Waals surface area (Å²) in [7, 11) is 0. The van der Waals surface area contributed by atoms with Crippen LogP contribution in [0.3, 0.4) is 0 Å². The molecule has 0 heterocycles. The maximum atomic E-state index is 12.4. The molecule has 0 aliphatic rings. The van der Waals surface area contributed by atoms with Gasteiger partial charge in [-0.05, 0) is 78.9 Å². The van der Waals surface area contributed by atoms with Crippen LogP contribution in [0, 0.1) is 0 Å². The first-order chi connectivity index (χ1) is 17.9. The molecule has 188 valence electrons. The van der Waals surface area contributed by atoms with Gasteiger partial charge in [0.05, 0.1) is 11.1 Å². The normalized spacial score (nSPS) is 9.95. The molecule has 9 nitrogen and oxygen atoms in total. The third-order valence-electron chi connectivity index (χ3n) is 4.63. The van der Waals surface area contributed by atoms with Crippen molar-refractivity contribution < 1.29 is 42.9 Å². The van der Waals surface area contributed by atoms with Gasteiger partial charge in [0.2, 0.25) is 6.79 Å². The van der Waals surface area contributed by atoms with Gasteiger partial charge in [-0.25, -0.2) is 14.4 Å². The Hall–Kier alpha value is -5.18. The van der Waals surface area contributed by atoms with Crippen LogP contribution >= 0.6 is 0 Å². The van der Waals surface area contributed by atoms with E-state index in [1.165, 1.54) is 66.7 Å². The SMILES string of the molecule is C=CC(=O)COc1ccc(C(=O)Oc2ccc(OC(=O)c3ccc(OCOC(=O)C=C)cc3)cc2)cc1. The molecule has 0 bridgehead atoms. The molecule has 3 aromatic carbocycles. The van der Waals surface area contributed by atoms with Crippen LogP contribution in [0.2, 0.25) is 0 Å². The molecular formula is C28H22O9. The fraction of sp³-hybridized carbons (Fsp3) is 0.0714. The van der Waals surface area contributed by atoms with Crippen molar-refractivity contribution in [1.82, 2.24) is 0 Å². The molecule has 37 heavy (non-hydrogen) atoms. The minimum atomic E-state index is -0.611. The molecule has 0 fully saturated rings. The predicted molar refractivity (Wildman–Crippen MR) is 132 cm³/mol. The molecule has 3 aromatic rings. The summed E-state index contributed by atoms with van der Waals surface area (Å²) in [6, 6.07) is 18.1. The van der Waals surface area contributed by atoms with E-state index in [1.54, 1.807) is 12.1 Å². The Morgan fingerprint density at radius 3 is 1.46 bits per heavy atom. The van der Waals surface area contributed by atoms with E-state index in [-0.39, 0.29) is 41.8 Å². The van der Waals surface area contributed by atoms with E-state index in [0.717, 1.165) is 6.08 Å². The monoisotopic (exact) mass is 502 g/mol. The Balaban J connectivity index is 1.49. The molecular weight excluding hydrogens is 480 g/mol. The Kier molecular flexibility index (Phi) is 9.32. The topological polar surface area (TPSA) is 114 Å². The summed E-state index contributed by atoms with van der Waals surface area (Å²) < 4.78 is 25.9. The summed E-state index contributed by atoms with van der Waals surface area (Å²) in [5, 5.41) is 0. The van der Waals surface area contributed by atoms with Crippen LogP contribution in [-0.4, -0.2) is 37.1 Å².